The molecule has 10 heteroatoms. The maximum atomic E-state index is 14.7. The van der Waals surface area contributed by atoms with E-state index in [1.807, 2.05) is 87.5 Å². The lowest BCUT2D eigenvalue weighted by atomic mass is 10.0. The van der Waals surface area contributed by atoms with Crippen molar-refractivity contribution < 1.29 is 22.7 Å². The quantitative estimate of drug-likeness (QED) is 0.127. The number of aryl methyl sites for hydroxylation is 1. The normalized spacial score (nSPS) is 11.9. The fourth-order valence-electron chi connectivity index (χ4n) is 5.44. The number of carbonyl (C=O) groups is 2. The van der Waals surface area contributed by atoms with Crippen LogP contribution in [0.15, 0.2) is 138 Å². The largest absolute Gasteiger partial charge is 0.457 e. The second-order valence-corrected chi connectivity index (χ2v) is 14.6. The number of nitrogens with one attached hydrogen (secondary N) is 1. The van der Waals surface area contributed by atoms with Crippen LogP contribution in [0.3, 0.4) is 0 Å². The fourth-order valence-corrected chi connectivity index (χ4v) is 7.06. The Morgan fingerprint density at radius 2 is 1.36 bits per heavy atom. The van der Waals surface area contributed by atoms with Crippen LogP contribution < -0.4 is 14.4 Å². The molecular formula is C40H40ClN3O5S. The molecule has 2 amide bonds. The summed E-state index contributed by atoms with van der Waals surface area (Å²) in [6, 6.07) is 37.5. The van der Waals surface area contributed by atoms with Crippen LogP contribution in [0, 0.1) is 6.92 Å². The molecule has 0 heterocycles. The Morgan fingerprint density at radius 3 is 1.98 bits per heavy atom. The predicted octanol–water partition coefficient (Wildman–Crippen LogP) is 7.80. The van der Waals surface area contributed by atoms with E-state index in [1.54, 1.807) is 54.6 Å². The number of sulfonamides is 1. The number of rotatable bonds is 14. The number of ether oxygens (including phenoxy) is 1. The molecule has 8 nitrogen and oxygen atoms in total. The predicted molar refractivity (Wildman–Crippen MR) is 198 cm³/mol. The van der Waals surface area contributed by atoms with Crippen molar-refractivity contribution in [1.29, 1.82) is 0 Å². The smallest absolute Gasteiger partial charge is 0.264 e. The van der Waals surface area contributed by atoms with Crippen molar-refractivity contribution in [3.8, 4) is 11.5 Å². The van der Waals surface area contributed by atoms with E-state index in [0.29, 0.717) is 22.1 Å². The summed E-state index contributed by atoms with van der Waals surface area (Å²) in [6.45, 7) is 5.01. The molecule has 0 aliphatic carbocycles. The lowest BCUT2D eigenvalue weighted by molar-refractivity contribution is -0.140. The molecule has 1 N–H and O–H groups in total. The van der Waals surface area contributed by atoms with Gasteiger partial charge in [-0.2, -0.15) is 0 Å². The minimum absolute atomic E-state index is 0.0185. The van der Waals surface area contributed by atoms with Gasteiger partial charge in [0, 0.05) is 24.0 Å². The van der Waals surface area contributed by atoms with E-state index in [1.165, 1.54) is 17.0 Å². The molecule has 0 saturated heterocycles. The van der Waals surface area contributed by atoms with E-state index in [-0.39, 0.29) is 35.5 Å². The lowest BCUT2D eigenvalue weighted by Crippen LogP contribution is -2.54. The second-order valence-electron chi connectivity index (χ2n) is 12.3. The standard InChI is InChI=1S/C40H40ClN3O5S/c1-29(2)42-40(46)38(26-31-11-6-4-7-12-31)43(27-32-13-10-14-33(41)25-32)39(45)28-44(50(47,48)37-23-17-30(3)18-24-37)34-19-21-36(22-20-34)49-35-15-8-5-9-16-35/h4-25,29,38H,26-28H2,1-3H3,(H,42,46)/t38-/m1/s1. The topological polar surface area (TPSA) is 96.0 Å². The molecule has 0 radical (unpaired) electrons. The van der Waals surface area contributed by atoms with Crippen molar-refractivity contribution in [1.82, 2.24) is 10.2 Å². The molecule has 0 aliphatic heterocycles. The zero-order chi connectivity index (χ0) is 35.7. The number of hydrogen-bond acceptors (Lipinski definition) is 5. The van der Waals surface area contributed by atoms with Crippen LogP contribution >= 0.6 is 11.6 Å². The van der Waals surface area contributed by atoms with Gasteiger partial charge in [0.25, 0.3) is 10.0 Å². The third kappa shape index (κ3) is 9.52. The lowest BCUT2D eigenvalue weighted by Gasteiger charge is -2.34. The Labute approximate surface area is 299 Å². The summed E-state index contributed by atoms with van der Waals surface area (Å²) < 4.78 is 35.7. The van der Waals surface area contributed by atoms with Crippen LogP contribution in [0.2, 0.25) is 5.02 Å². The molecule has 0 aliphatic rings. The van der Waals surface area contributed by atoms with Gasteiger partial charge in [0.2, 0.25) is 11.8 Å². The third-order valence-corrected chi connectivity index (χ3v) is 9.96. The molecule has 5 rings (SSSR count). The molecule has 0 unspecified atom stereocenters. The van der Waals surface area contributed by atoms with Crippen molar-refractivity contribution in [2.75, 3.05) is 10.8 Å². The summed E-state index contributed by atoms with van der Waals surface area (Å²) in [7, 11) is -4.25. The number of carbonyl (C=O) groups excluding carboxylic acids is 2. The van der Waals surface area contributed by atoms with Crippen LogP contribution in [-0.2, 0) is 32.6 Å². The summed E-state index contributed by atoms with van der Waals surface area (Å²) in [5.74, 6) is 0.204. The van der Waals surface area contributed by atoms with Crippen LogP contribution in [0.4, 0.5) is 5.69 Å². The molecule has 0 bridgehead atoms. The second kappa shape index (κ2) is 16.5. The van der Waals surface area contributed by atoms with Gasteiger partial charge >= 0.3 is 0 Å². The summed E-state index contributed by atoms with van der Waals surface area (Å²) in [5.41, 5.74) is 2.69. The van der Waals surface area contributed by atoms with Gasteiger partial charge in [0.1, 0.15) is 24.1 Å². The average molecular weight is 710 g/mol. The molecule has 0 spiro atoms. The number of para-hydroxylation sites is 1. The van der Waals surface area contributed by atoms with Crippen molar-refractivity contribution in [3.05, 3.63) is 155 Å². The summed E-state index contributed by atoms with van der Waals surface area (Å²) >= 11 is 6.34. The van der Waals surface area contributed by atoms with Crippen LogP contribution in [-0.4, -0.2) is 43.8 Å². The first-order chi connectivity index (χ1) is 24.0. The van der Waals surface area contributed by atoms with E-state index in [4.69, 9.17) is 16.3 Å². The number of hydrogen-bond donors (Lipinski definition) is 1. The molecular weight excluding hydrogens is 670 g/mol. The highest BCUT2D eigenvalue weighted by atomic mass is 35.5. The van der Waals surface area contributed by atoms with Gasteiger partial charge < -0.3 is 15.0 Å². The Bertz CT molecular complexity index is 1990. The highest BCUT2D eigenvalue weighted by molar-refractivity contribution is 7.92. The Balaban J connectivity index is 1.56. The van der Waals surface area contributed by atoms with Gasteiger partial charge in [0.15, 0.2) is 0 Å². The highest BCUT2D eigenvalue weighted by Crippen LogP contribution is 2.29. The zero-order valence-electron chi connectivity index (χ0n) is 28.2. The van der Waals surface area contributed by atoms with E-state index in [0.717, 1.165) is 15.4 Å². The van der Waals surface area contributed by atoms with E-state index < -0.39 is 28.5 Å². The number of nitrogens with zero attached hydrogens (tertiary/aromatic N) is 2. The Kier molecular flexibility index (Phi) is 12.0. The number of anilines is 1. The molecule has 5 aromatic rings. The maximum absolute atomic E-state index is 14.7. The number of benzene rings is 5. The average Bonchev–Trinajstić information content (AvgIpc) is 3.10. The molecule has 50 heavy (non-hydrogen) atoms. The molecule has 5 aromatic carbocycles. The molecule has 0 aromatic heterocycles. The monoisotopic (exact) mass is 709 g/mol. The van der Waals surface area contributed by atoms with Crippen molar-refractivity contribution in [3.63, 3.8) is 0 Å². The summed E-state index contributed by atoms with van der Waals surface area (Å²) in [5, 5.41) is 3.44. The molecule has 0 saturated carbocycles. The van der Waals surface area contributed by atoms with E-state index in [2.05, 4.69) is 5.32 Å². The van der Waals surface area contributed by atoms with Gasteiger partial charge in [-0.25, -0.2) is 8.42 Å². The molecule has 258 valence electrons. The highest BCUT2D eigenvalue weighted by Gasteiger charge is 2.35. The number of amides is 2. The van der Waals surface area contributed by atoms with E-state index >= 15 is 0 Å². The fraction of sp³-hybridized carbons (Fsp3) is 0.200. The first-order valence-corrected chi connectivity index (χ1v) is 18.1. The van der Waals surface area contributed by atoms with Crippen LogP contribution in [0.5, 0.6) is 11.5 Å². The van der Waals surface area contributed by atoms with E-state index in [9.17, 15) is 18.0 Å². The molecule has 1 atom stereocenters. The zero-order valence-corrected chi connectivity index (χ0v) is 29.8. The van der Waals surface area contributed by atoms with Gasteiger partial charge in [-0.3, -0.25) is 13.9 Å². The van der Waals surface area contributed by atoms with Gasteiger partial charge in [-0.15, -0.1) is 0 Å². The minimum atomic E-state index is -4.25. The van der Waals surface area contributed by atoms with Gasteiger partial charge in [-0.1, -0.05) is 90.0 Å². The Hall–Kier alpha value is -5.12. The minimum Gasteiger partial charge on any atom is -0.457 e. The maximum Gasteiger partial charge on any atom is 0.264 e. The first-order valence-electron chi connectivity index (χ1n) is 16.3. The van der Waals surface area contributed by atoms with Crippen molar-refractivity contribution >= 4 is 39.1 Å². The van der Waals surface area contributed by atoms with Crippen molar-refractivity contribution in [2.45, 2.75) is 50.7 Å². The van der Waals surface area contributed by atoms with Crippen LogP contribution in [0.1, 0.15) is 30.5 Å². The Morgan fingerprint density at radius 1 is 0.760 bits per heavy atom. The summed E-state index contributed by atoms with van der Waals surface area (Å²) in [6.07, 6.45) is 0.210. The first kappa shape index (κ1) is 36.2. The van der Waals surface area contributed by atoms with Gasteiger partial charge in [-0.05, 0) is 92.6 Å². The van der Waals surface area contributed by atoms with Crippen LogP contribution in [0.25, 0.3) is 0 Å². The third-order valence-electron chi connectivity index (χ3n) is 7.94. The molecule has 0 fully saturated rings. The summed E-state index contributed by atoms with van der Waals surface area (Å²) in [4.78, 5) is 30.0. The van der Waals surface area contributed by atoms with Gasteiger partial charge in [0.05, 0.1) is 10.6 Å². The SMILES string of the molecule is Cc1ccc(S(=O)(=O)N(CC(=O)N(Cc2cccc(Cl)c2)[C@H](Cc2ccccc2)C(=O)NC(C)C)c2ccc(Oc3ccccc3)cc2)cc1. The number of halogens is 1. The van der Waals surface area contributed by atoms with Crippen molar-refractivity contribution in [2.24, 2.45) is 0 Å².